The number of nitrogens with one attached hydrogen (secondary N) is 2. The molecule has 1 fully saturated rings. The maximum atomic E-state index is 4.63. The summed E-state index contributed by atoms with van der Waals surface area (Å²) in [5.41, 5.74) is 1.36. The average molecular weight is 416 g/mol. The van der Waals surface area contributed by atoms with E-state index in [0.29, 0.717) is 0 Å². The molecule has 0 aliphatic heterocycles. The van der Waals surface area contributed by atoms with Crippen molar-refractivity contribution in [2.75, 3.05) is 33.2 Å². The number of rotatable bonds is 8. The lowest BCUT2D eigenvalue weighted by Crippen LogP contribution is -2.41. The van der Waals surface area contributed by atoms with Gasteiger partial charge >= 0.3 is 0 Å². The van der Waals surface area contributed by atoms with Gasteiger partial charge in [0.25, 0.3) is 0 Å². The van der Waals surface area contributed by atoms with E-state index in [2.05, 4.69) is 64.8 Å². The molecule has 0 heterocycles. The third kappa shape index (κ3) is 7.98. The SMILES string of the molecule is CCNC(=NCC1CC1)NCCN(C)Cc1ccccc1.I. The second-order valence-electron chi connectivity index (χ2n) is 5.81. The van der Waals surface area contributed by atoms with Crippen LogP contribution in [-0.4, -0.2) is 44.1 Å². The van der Waals surface area contributed by atoms with Crippen molar-refractivity contribution < 1.29 is 0 Å². The zero-order valence-corrected chi connectivity index (χ0v) is 16.0. The van der Waals surface area contributed by atoms with Gasteiger partial charge in [-0.25, -0.2) is 0 Å². The second kappa shape index (κ2) is 10.8. The van der Waals surface area contributed by atoms with Gasteiger partial charge < -0.3 is 15.5 Å². The van der Waals surface area contributed by atoms with Crippen molar-refractivity contribution in [3.8, 4) is 0 Å². The fourth-order valence-corrected chi connectivity index (χ4v) is 2.20. The summed E-state index contributed by atoms with van der Waals surface area (Å²) in [5, 5.41) is 6.73. The zero-order valence-electron chi connectivity index (χ0n) is 13.7. The molecule has 1 saturated carbocycles. The molecule has 0 saturated heterocycles. The van der Waals surface area contributed by atoms with Crippen LogP contribution >= 0.6 is 24.0 Å². The fourth-order valence-electron chi connectivity index (χ4n) is 2.20. The van der Waals surface area contributed by atoms with Crippen LogP contribution in [-0.2, 0) is 6.54 Å². The molecule has 0 unspecified atom stereocenters. The number of halogens is 1. The Morgan fingerprint density at radius 2 is 1.95 bits per heavy atom. The fraction of sp³-hybridized carbons (Fsp3) is 0.588. The Bertz CT molecular complexity index is 432. The van der Waals surface area contributed by atoms with Crippen molar-refractivity contribution in [1.29, 1.82) is 0 Å². The molecule has 4 nitrogen and oxygen atoms in total. The second-order valence-corrected chi connectivity index (χ2v) is 5.81. The predicted molar refractivity (Wildman–Crippen MR) is 105 cm³/mol. The number of nitrogens with zero attached hydrogens (tertiary/aromatic N) is 2. The van der Waals surface area contributed by atoms with Gasteiger partial charge in [0.1, 0.15) is 0 Å². The Labute approximate surface area is 151 Å². The highest BCUT2D eigenvalue weighted by atomic mass is 127. The summed E-state index contributed by atoms with van der Waals surface area (Å²) in [6.07, 6.45) is 2.70. The standard InChI is InChI=1S/C17H28N4.HI/c1-3-18-17(20-13-15-9-10-15)19-11-12-21(2)14-16-7-5-4-6-8-16;/h4-8,15H,3,9-14H2,1-2H3,(H2,18,19,20);1H. The molecular formula is C17H29IN4. The molecule has 5 heteroatoms. The number of aliphatic imine (C=N–C) groups is 1. The van der Waals surface area contributed by atoms with E-state index in [1.807, 2.05) is 0 Å². The zero-order chi connectivity index (χ0) is 14.9. The van der Waals surface area contributed by atoms with Gasteiger partial charge in [-0.05, 0) is 38.3 Å². The minimum Gasteiger partial charge on any atom is -0.357 e. The molecule has 2 rings (SSSR count). The Morgan fingerprint density at radius 3 is 2.59 bits per heavy atom. The molecule has 124 valence electrons. The molecule has 1 aliphatic carbocycles. The van der Waals surface area contributed by atoms with Crippen LogP contribution in [0.3, 0.4) is 0 Å². The highest BCUT2D eigenvalue weighted by Gasteiger charge is 2.20. The smallest absolute Gasteiger partial charge is 0.191 e. The van der Waals surface area contributed by atoms with Gasteiger partial charge in [0, 0.05) is 32.7 Å². The first-order valence-electron chi connectivity index (χ1n) is 8.02. The van der Waals surface area contributed by atoms with E-state index in [0.717, 1.165) is 44.6 Å². The first kappa shape index (κ1) is 19.2. The molecule has 0 spiro atoms. The Hall–Kier alpha value is -0.820. The van der Waals surface area contributed by atoms with E-state index in [9.17, 15) is 0 Å². The summed E-state index contributed by atoms with van der Waals surface area (Å²) in [6.45, 7) is 6.89. The first-order valence-corrected chi connectivity index (χ1v) is 8.02. The molecule has 0 atom stereocenters. The van der Waals surface area contributed by atoms with Crippen molar-refractivity contribution >= 4 is 29.9 Å². The monoisotopic (exact) mass is 416 g/mol. The normalized spacial score (nSPS) is 14.6. The molecule has 1 aromatic rings. The van der Waals surface area contributed by atoms with Gasteiger partial charge in [0.05, 0.1) is 0 Å². The third-order valence-corrected chi connectivity index (χ3v) is 3.63. The lowest BCUT2D eigenvalue weighted by molar-refractivity contribution is 0.331. The van der Waals surface area contributed by atoms with E-state index < -0.39 is 0 Å². The van der Waals surface area contributed by atoms with E-state index in [4.69, 9.17) is 0 Å². The number of likely N-dealkylation sites (N-methyl/N-ethyl adjacent to an activating group) is 1. The first-order chi connectivity index (χ1) is 10.3. The van der Waals surface area contributed by atoms with Gasteiger partial charge in [-0.15, -0.1) is 24.0 Å². The molecule has 0 bridgehead atoms. The lowest BCUT2D eigenvalue weighted by Gasteiger charge is -2.18. The largest absolute Gasteiger partial charge is 0.357 e. The van der Waals surface area contributed by atoms with Crippen molar-refractivity contribution in [3.63, 3.8) is 0 Å². The van der Waals surface area contributed by atoms with Crippen molar-refractivity contribution in [2.45, 2.75) is 26.3 Å². The number of hydrogen-bond acceptors (Lipinski definition) is 2. The Balaban J connectivity index is 0.00000242. The topological polar surface area (TPSA) is 39.7 Å². The van der Waals surface area contributed by atoms with Gasteiger partial charge in [-0.1, -0.05) is 30.3 Å². The van der Waals surface area contributed by atoms with Crippen LogP contribution in [0.4, 0.5) is 0 Å². The van der Waals surface area contributed by atoms with Crippen LogP contribution in [0.15, 0.2) is 35.3 Å². The molecule has 0 radical (unpaired) electrons. The van der Waals surface area contributed by atoms with E-state index in [1.165, 1.54) is 18.4 Å². The van der Waals surface area contributed by atoms with Crippen LogP contribution in [0.5, 0.6) is 0 Å². The number of guanidine groups is 1. The van der Waals surface area contributed by atoms with Crippen LogP contribution in [0.2, 0.25) is 0 Å². The highest BCUT2D eigenvalue weighted by Crippen LogP contribution is 2.28. The quantitative estimate of drug-likeness (QED) is 0.389. The summed E-state index contributed by atoms with van der Waals surface area (Å²) in [6, 6.07) is 10.6. The van der Waals surface area contributed by atoms with Crippen LogP contribution in [0, 0.1) is 5.92 Å². The van der Waals surface area contributed by atoms with Crippen LogP contribution < -0.4 is 10.6 Å². The predicted octanol–water partition coefficient (Wildman–Crippen LogP) is 2.70. The Morgan fingerprint density at radius 1 is 1.23 bits per heavy atom. The van der Waals surface area contributed by atoms with Gasteiger partial charge in [0.2, 0.25) is 0 Å². The van der Waals surface area contributed by atoms with Crippen LogP contribution in [0.1, 0.15) is 25.3 Å². The van der Waals surface area contributed by atoms with Crippen molar-refractivity contribution in [1.82, 2.24) is 15.5 Å². The molecule has 0 aromatic heterocycles. The highest BCUT2D eigenvalue weighted by molar-refractivity contribution is 14.0. The van der Waals surface area contributed by atoms with Gasteiger partial charge in [-0.2, -0.15) is 0 Å². The van der Waals surface area contributed by atoms with Gasteiger partial charge in [-0.3, -0.25) is 4.99 Å². The minimum atomic E-state index is 0. The molecule has 1 aromatic carbocycles. The number of benzene rings is 1. The summed E-state index contributed by atoms with van der Waals surface area (Å²) in [5.74, 6) is 1.79. The summed E-state index contributed by atoms with van der Waals surface area (Å²) >= 11 is 0. The maximum Gasteiger partial charge on any atom is 0.191 e. The Kier molecular flexibility index (Phi) is 9.47. The van der Waals surface area contributed by atoms with E-state index in [-0.39, 0.29) is 24.0 Å². The molecule has 1 aliphatic rings. The molecular weight excluding hydrogens is 387 g/mol. The minimum absolute atomic E-state index is 0. The number of hydrogen-bond donors (Lipinski definition) is 2. The van der Waals surface area contributed by atoms with E-state index >= 15 is 0 Å². The summed E-state index contributed by atoms with van der Waals surface area (Å²) < 4.78 is 0. The maximum absolute atomic E-state index is 4.63. The van der Waals surface area contributed by atoms with Crippen molar-refractivity contribution in [2.24, 2.45) is 10.9 Å². The van der Waals surface area contributed by atoms with E-state index in [1.54, 1.807) is 0 Å². The summed E-state index contributed by atoms with van der Waals surface area (Å²) in [7, 11) is 2.16. The molecule has 2 N–H and O–H groups in total. The van der Waals surface area contributed by atoms with Crippen molar-refractivity contribution in [3.05, 3.63) is 35.9 Å². The molecule has 22 heavy (non-hydrogen) atoms. The molecule has 0 amide bonds. The van der Waals surface area contributed by atoms with Gasteiger partial charge in [0.15, 0.2) is 5.96 Å². The lowest BCUT2D eigenvalue weighted by atomic mass is 10.2. The average Bonchev–Trinajstić information content (AvgIpc) is 3.30. The summed E-state index contributed by atoms with van der Waals surface area (Å²) in [4.78, 5) is 6.96. The van der Waals surface area contributed by atoms with Crippen LogP contribution in [0.25, 0.3) is 0 Å². The third-order valence-electron chi connectivity index (χ3n) is 3.63.